The van der Waals surface area contributed by atoms with Crippen LogP contribution in [0.2, 0.25) is 0 Å². The maximum Gasteiger partial charge on any atom is 0.191 e. The van der Waals surface area contributed by atoms with Crippen molar-refractivity contribution in [2.45, 2.75) is 31.9 Å². The van der Waals surface area contributed by atoms with Gasteiger partial charge in [-0.2, -0.15) is 0 Å². The van der Waals surface area contributed by atoms with Gasteiger partial charge in [-0.25, -0.2) is 0 Å². The summed E-state index contributed by atoms with van der Waals surface area (Å²) in [5.41, 5.74) is 1.11. The van der Waals surface area contributed by atoms with E-state index in [1.165, 1.54) is 12.8 Å². The lowest BCUT2D eigenvalue weighted by Gasteiger charge is -2.15. The summed E-state index contributed by atoms with van der Waals surface area (Å²) in [7, 11) is 3.47. The summed E-state index contributed by atoms with van der Waals surface area (Å²) in [4.78, 5) is 4.24. The highest BCUT2D eigenvalue weighted by Crippen LogP contribution is 2.16. The Morgan fingerprint density at radius 3 is 2.95 bits per heavy atom. The molecule has 1 aliphatic heterocycles. The van der Waals surface area contributed by atoms with Crippen LogP contribution in [-0.2, 0) is 11.3 Å². The van der Waals surface area contributed by atoms with E-state index < -0.39 is 0 Å². The molecule has 0 amide bonds. The van der Waals surface area contributed by atoms with Crippen molar-refractivity contribution in [2.24, 2.45) is 4.99 Å². The molecule has 0 aromatic heterocycles. The van der Waals surface area contributed by atoms with Gasteiger partial charge in [-0.1, -0.05) is 18.2 Å². The number of nitrogens with one attached hydrogen (secondary N) is 2. The van der Waals surface area contributed by atoms with Crippen LogP contribution in [-0.4, -0.2) is 39.4 Å². The zero-order valence-electron chi connectivity index (χ0n) is 12.9. The van der Waals surface area contributed by atoms with Gasteiger partial charge in [0.2, 0.25) is 0 Å². The van der Waals surface area contributed by atoms with Crippen molar-refractivity contribution in [3.63, 3.8) is 0 Å². The van der Waals surface area contributed by atoms with Crippen molar-refractivity contribution in [1.82, 2.24) is 10.6 Å². The molecular weight excluding hydrogens is 266 g/mol. The fraction of sp³-hybridized carbons (Fsp3) is 0.562. The number of hydrogen-bond donors (Lipinski definition) is 2. The second kappa shape index (κ2) is 8.52. The number of para-hydroxylation sites is 1. The van der Waals surface area contributed by atoms with Crippen molar-refractivity contribution in [2.75, 3.05) is 27.3 Å². The van der Waals surface area contributed by atoms with Gasteiger partial charge in [-0.05, 0) is 25.3 Å². The first kappa shape index (κ1) is 15.6. The van der Waals surface area contributed by atoms with E-state index in [1.807, 2.05) is 24.3 Å². The molecule has 1 saturated heterocycles. The van der Waals surface area contributed by atoms with Crippen LogP contribution in [0.4, 0.5) is 0 Å². The van der Waals surface area contributed by atoms with Crippen LogP contribution in [0.15, 0.2) is 29.3 Å². The average molecular weight is 291 g/mol. The summed E-state index contributed by atoms with van der Waals surface area (Å²) in [6.45, 7) is 2.46. The molecule has 1 fully saturated rings. The topological polar surface area (TPSA) is 54.9 Å². The number of rotatable bonds is 6. The highest BCUT2D eigenvalue weighted by Gasteiger charge is 2.14. The molecule has 5 heteroatoms. The van der Waals surface area contributed by atoms with Gasteiger partial charge in [0.25, 0.3) is 0 Å². The van der Waals surface area contributed by atoms with Crippen LogP contribution in [0.1, 0.15) is 24.8 Å². The monoisotopic (exact) mass is 291 g/mol. The number of methoxy groups -OCH3 is 1. The Bertz CT molecular complexity index is 457. The molecule has 116 valence electrons. The Morgan fingerprint density at radius 1 is 1.38 bits per heavy atom. The SMILES string of the molecule is CN=C(NCCC1CCCO1)NCc1ccccc1OC. The molecule has 1 heterocycles. The van der Waals surface area contributed by atoms with Crippen LogP contribution in [0, 0.1) is 0 Å². The smallest absolute Gasteiger partial charge is 0.191 e. The minimum absolute atomic E-state index is 0.407. The van der Waals surface area contributed by atoms with E-state index in [4.69, 9.17) is 9.47 Å². The number of nitrogens with zero attached hydrogens (tertiary/aromatic N) is 1. The Labute approximate surface area is 126 Å². The predicted octanol–water partition coefficient (Wildman–Crippen LogP) is 1.93. The largest absolute Gasteiger partial charge is 0.496 e. The molecule has 21 heavy (non-hydrogen) atoms. The summed E-state index contributed by atoms with van der Waals surface area (Å²) in [5, 5.41) is 6.63. The Kier molecular flexibility index (Phi) is 6.34. The summed E-state index contributed by atoms with van der Waals surface area (Å²) in [6.07, 6.45) is 3.79. The first-order valence-electron chi connectivity index (χ1n) is 7.51. The van der Waals surface area contributed by atoms with Crippen molar-refractivity contribution in [1.29, 1.82) is 0 Å². The minimum atomic E-state index is 0.407. The van der Waals surface area contributed by atoms with Gasteiger partial charge in [0, 0.05) is 32.3 Å². The van der Waals surface area contributed by atoms with E-state index in [0.717, 1.165) is 36.8 Å². The Hall–Kier alpha value is -1.75. The van der Waals surface area contributed by atoms with Gasteiger partial charge < -0.3 is 20.1 Å². The van der Waals surface area contributed by atoms with Gasteiger partial charge in [0.15, 0.2) is 5.96 Å². The average Bonchev–Trinajstić information content (AvgIpc) is 3.04. The van der Waals surface area contributed by atoms with E-state index in [1.54, 1.807) is 14.2 Å². The minimum Gasteiger partial charge on any atom is -0.496 e. The lowest BCUT2D eigenvalue weighted by Crippen LogP contribution is -2.38. The van der Waals surface area contributed by atoms with E-state index in [-0.39, 0.29) is 0 Å². The van der Waals surface area contributed by atoms with Crippen molar-refractivity contribution >= 4 is 5.96 Å². The second-order valence-electron chi connectivity index (χ2n) is 5.09. The lowest BCUT2D eigenvalue weighted by atomic mass is 10.2. The van der Waals surface area contributed by atoms with Crippen LogP contribution >= 0.6 is 0 Å². The molecule has 0 aliphatic carbocycles. The van der Waals surface area contributed by atoms with Gasteiger partial charge in [0.1, 0.15) is 5.75 Å². The van der Waals surface area contributed by atoms with Gasteiger partial charge in [-0.15, -0.1) is 0 Å². The van der Waals surface area contributed by atoms with Crippen molar-refractivity contribution in [3.05, 3.63) is 29.8 Å². The van der Waals surface area contributed by atoms with Crippen LogP contribution in [0.5, 0.6) is 5.75 Å². The molecule has 0 radical (unpaired) electrons. The molecule has 1 unspecified atom stereocenters. The third kappa shape index (κ3) is 4.93. The molecule has 1 aromatic rings. The number of hydrogen-bond acceptors (Lipinski definition) is 3. The molecule has 2 N–H and O–H groups in total. The van der Waals surface area contributed by atoms with Crippen LogP contribution < -0.4 is 15.4 Å². The maximum absolute atomic E-state index is 5.61. The number of benzene rings is 1. The first-order chi connectivity index (χ1) is 10.3. The van der Waals surface area contributed by atoms with Crippen LogP contribution in [0.25, 0.3) is 0 Å². The summed E-state index contributed by atoms with van der Waals surface area (Å²) >= 11 is 0. The van der Waals surface area contributed by atoms with Crippen molar-refractivity contribution in [3.8, 4) is 5.75 Å². The highest BCUT2D eigenvalue weighted by atomic mass is 16.5. The predicted molar refractivity (Wildman–Crippen MR) is 84.8 cm³/mol. The summed E-state index contributed by atoms with van der Waals surface area (Å²) in [6, 6.07) is 7.99. The van der Waals surface area contributed by atoms with E-state index in [0.29, 0.717) is 12.6 Å². The molecule has 0 spiro atoms. The number of ether oxygens (including phenoxy) is 2. The quantitative estimate of drug-likeness (QED) is 0.621. The van der Waals surface area contributed by atoms with E-state index in [2.05, 4.69) is 15.6 Å². The lowest BCUT2D eigenvalue weighted by molar-refractivity contribution is 0.105. The van der Waals surface area contributed by atoms with Crippen LogP contribution in [0.3, 0.4) is 0 Å². The molecule has 5 nitrogen and oxygen atoms in total. The highest BCUT2D eigenvalue weighted by molar-refractivity contribution is 5.79. The molecule has 1 atom stereocenters. The fourth-order valence-electron chi connectivity index (χ4n) is 2.47. The molecular formula is C16H25N3O2. The third-order valence-corrected chi connectivity index (χ3v) is 3.65. The van der Waals surface area contributed by atoms with Crippen molar-refractivity contribution < 1.29 is 9.47 Å². The van der Waals surface area contributed by atoms with Gasteiger partial charge in [-0.3, -0.25) is 4.99 Å². The maximum atomic E-state index is 5.61. The zero-order chi connectivity index (χ0) is 14.9. The molecule has 1 aliphatic rings. The number of aliphatic imine (C=N–C) groups is 1. The zero-order valence-corrected chi connectivity index (χ0v) is 12.9. The molecule has 2 rings (SSSR count). The Morgan fingerprint density at radius 2 is 2.24 bits per heavy atom. The molecule has 1 aromatic carbocycles. The molecule has 0 bridgehead atoms. The number of guanidine groups is 1. The first-order valence-corrected chi connectivity index (χ1v) is 7.51. The second-order valence-corrected chi connectivity index (χ2v) is 5.09. The Balaban J connectivity index is 1.74. The third-order valence-electron chi connectivity index (χ3n) is 3.65. The standard InChI is InChI=1S/C16H25N3O2/c1-17-16(18-10-9-14-7-5-11-21-14)19-12-13-6-3-4-8-15(13)20-2/h3-4,6,8,14H,5,7,9-12H2,1-2H3,(H2,17,18,19). The molecule has 0 saturated carbocycles. The normalized spacial score (nSPS) is 18.6. The summed E-state index contributed by atoms with van der Waals surface area (Å²) in [5.74, 6) is 1.69. The van der Waals surface area contributed by atoms with Gasteiger partial charge in [0.05, 0.1) is 13.2 Å². The summed E-state index contributed by atoms with van der Waals surface area (Å²) < 4.78 is 11.0. The van der Waals surface area contributed by atoms with E-state index in [9.17, 15) is 0 Å². The van der Waals surface area contributed by atoms with E-state index >= 15 is 0 Å². The fourth-order valence-corrected chi connectivity index (χ4v) is 2.47. The van der Waals surface area contributed by atoms with Gasteiger partial charge >= 0.3 is 0 Å².